The summed E-state index contributed by atoms with van der Waals surface area (Å²) in [7, 11) is 1.70. The van der Waals surface area contributed by atoms with Crippen molar-refractivity contribution in [1.29, 1.82) is 0 Å². The molecule has 1 aliphatic heterocycles. The molecule has 2 unspecified atom stereocenters. The molecule has 1 heterocycles. The van der Waals surface area contributed by atoms with Crippen molar-refractivity contribution in [3.8, 4) is 0 Å². The van der Waals surface area contributed by atoms with Crippen LogP contribution < -0.4 is 0 Å². The largest absolute Gasteiger partial charge is 0.383 e. The molecule has 0 radical (unpaired) electrons. The van der Waals surface area contributed by atoms with Crippen molar-refractivity contribution in [2.45, 2.75) is 33.2 Å². The molecular formula is C26H36N2O2. The predicted octanol–water partition coefficient (Wildman–Crippen LogP) is 4.34. The normalized spacial score (nSPS) is 19.4. The number of carbonyl (C=O) groups excluding carboxylic acids is 1. The molecule has 0 aliphatic carbocycles. The van der Waals surface area contributed by atoms with Crippen molar-refractivity contribution < 1.29 is 9.53 Å². The van der Waals surface area contributed by atoms with Crippen LogP contribution in [0.5, 0.6) is 0 Å². The maximum absolute atomic E-state index is 12.9. The summed E-state index contributed by atoms with van der Waals surface area (Å²) < 4.78 is 5.29. The lowest BCUT2D eigenvalue weighted by molar-refractivity contribution is -0.135. The van der Waals surface area contributed by atoms with Gasteiger partial charge in [-0.1, -0.05) is 74.0 Å². The van der Waals surface area contributed by atoms with Crippen molar-refractivity contribution in [2.75, 3.05) is 39.9 Å². The number of likely N-dealkylation sites (tertiary alicyclic amines) is 1. The number of amides is 1. The highest BCUT2D eigenvalue weighted by atomic mass is 16.5. The first kappa shape index (κ1) is 22.5. The second kappa shape index (κ2) is 10.7. The molecule has 2 aromatic carbocycles. The molecule has 4 heteroatoms. The van der Waals surface area contributed by atoms with Crippen LogP contribution in [-0.4, -0.2) is 55.6 Å². The van der Waals surface area contributed by atoms with Gasteiger partial charge in [-0.2, -0.15) is 0 Å². The summed E-state index contributed by atoms with van der Waals surface area (Å²) in [6, 6.07) is 19.6. The average molecular weight is 409 g/mol. The Balaban J connectivity index is 1.79. The molecule has 4 nitrogen and oxygen atoms in total. The van der Waals surface area contributed by atoms with Gasteiger partial charge >= 0.3 is 0 Å². The van der Waals surface area contributed by atoms with Gasteiger partial charge in [0.25, 0.3) is 0 Å². The number of hydrogen-bond acceptors (Lipinski definition) is 3. The summed E-state index contributed by atoms with van der Waals surface area (Å²) >= 11 is 0. The van der Waals surface area contributed by atoms with Crippen molar-refractivity contribution in [2.24, 2.45) is 11.8 Å². The molecular weight excluding hydrogens is 372 g/mol. The Morgan fingerprint density at radius 3 is 2.43 bits per heavy atom. The highest BCUT2D eigenvalue weighted by Crippen LogP contribution is 2.34. The van der Waals surface area contributed by atoms with E-state index in [4.69, 9.17) is 4.74 Å². The van der Waals surface area contributed by atoms with E-state index in [2.05, 4.69) is 66.4 Å². The summed E-state index contributed by atoms with van der Waals surface area (Å²) in [5, 5.41) is 0. The zero-order valence-corrected chi connectivity index (χ0v) is 18.9. The molecule has 0 bridgehead atoms. The van der Waals surface area contributed by atoms with Crippen molar-refractivity contribution in [1.82, 2.24) is 9.80 Å². The Labute approximate surface area is 181 Å². The van der Waals surface area contributed by atoms with Gasteiger partial charge in [0.1, 0.15) is 0 Å². The van der Waals surface area contributed by atoms with Crippen LogP contribution in [0, 0.1) is 18.8 Å². The van der Waals surface area contributed by atoms with Gasteiger partial charge in [0.2, 0.25) is 5.91 Å². The van der Waals surface area contributed by atoms with E-state index in [9.17, 15) is 4.79 Å². The first-order valence-electron chi connectivity index (χ1n) is 11.1. The van der Waals surface area contributed by atoms with Crippen LogP contribution in [0.1, 0.15) is 36.5 Å². The number of aryl methyl sites for hydroxylation is 1. The summed E-state index contributed by atoms with van der Waals surface area (Å²) in [6.07, 6.45) is 0. The molecule has 1 amide bonds. The lowest BCUT2D eigenvalue weighted by atomic mass is 9.88. The summed E-state index contributed by atoms with van der Waals surface area (Å²) in [5.74, 6) is 1.06. The predicted molar refractivity (Wildman–Crippen MR) is 122 cm³/mol. The number of nitrogens with zero attached hydrogens (tertiary/aromatic N) is 2. The Hall–Kier alpha value is -2.17. The quantitative estimate of drug-likeness (QED) is 0.619. The van der Waals surface area contributed by atoms with Crippen LogP contribution in [0.4, 0.5) is 0 Å². The van der Waals surface area contributed by atoms with Crippen LogP contribution in [0.3, 0.4) is 0 Å². The highest BCUT2D eigenvalue weighted by Gasteiger charge is 2.36. The van der Waals surface area contributed by atoms with Gasteiger partial charge in [0.05, 0.1) is 6.61 Å². The molecule has 1 fully saturated rings. The third-order valence-corrected chi connectivity index (χ3v) is 6.10. The Morgan fingerprint density at radius 1 is 1.10 bits per heavy atom. The van der Waals surface area contributed by atoms with Crippen LogP contribution in [0.25, 0.3) is 0 Å². The maximum Gasteiger partial charge on any atom is 0.225 e. The summed E-state index contributed by atoms with van der Waals surface area (Å²) in [6.45, 7) is 11.1. The molecule has 2 atom stereocenters. The smallest absolute Gasteiger partial charge is 0.225 e. The minimum Gasteiger partial charge on any atom is -0.383 e. The van der Waals surface area contributed by atoms with Gasteiger partial charge in [-0.25, -0.2) is 0 Å². The fourth-order valence-corrected chi connectivity index (χ4v) is 4.45. The van der Waals surface area contributed by atoms with E-state index in [-0.39, 0.29) is 11.8 Å². The van der Waals surface area contributed by atoms with Crippen molar-refractivity contribution in [3.63, 3.8) is 0 Å². The molecule has 162 valence electrons. The minimum absolute atomic E-state index is 0.00139. The van der Waals surface area contributed by atoms with Crippen LogP contribution in [0.2, 0.25) is 0 Å². The molecule has 0 N–H and O–H groups in total. The van der Waals surface area contributed by atoms with Gasteiger partial charge in [0.15, 0.2) is 0 Å². The third kappa shape index (κ3) is 5.93. The topological polar surface area (TPSA) is 32.8 Å². The fraction of sp³-hybridized carbons (Fsp3) is 0.500. The van der Waals surface area contributed by atoms with Gasteiger partial charge in [0, 0.05) is 51.7 Å². The van der Waals surface area contributed by atoms with Crippen molar-refractivity contribution >= 4 is 5.91 Å². The number of rotatable bonds is 9. The number of benzene rings is 2. The Bertz CT molecular complexity index is 788. The van der Waals surface area contributed by atoms with Gasteiger partial charge in [-0.15, -0.1) is 0 Å². The number of ether oxygens (including phenoxy) is 1. The molecule has 1 saturated heterocycles. The van der Waals surface area contributed by atoms with Crippen LogP contribution >= 0.6 is 0 Å². The monoisotopic (exact) mass is 408 g/mol. The third-order valence-electron chi connectivity index (χ3n) is 6.10. The molecule has 0 aromatic heterocycles. The van der Waals surface area contributed by atoms with Crippen molar-refractivity contribution in [3.05, 3.63) is 71.3 Å². The molecule has 30 heavy (non-hydrogen) atoms. The van der Waals surface area contributed by atoms with E-state index in [1.807, 2.05) is 18.7 Å². The first-order valence-corrected chi connectivity index (χ1v) is 11.1. The standard InChI is InChI=1S/C26H36N2O2/c1-20(2)26(29)28(14-15-30-4)18-24-17-27(16-22-8-6-5-7-9-22)19-25(24)23-12-10-21(3)11-13-23/h5-13,20,24-25H,14-19H2,1-4H3. The molecule has 0 spiro atoms. The van der Waals surface area contributed by atoms with E-state index < -0.39 is 0 Å². The number of methoxy groups -OCH3 is 1. The van der Waals surface area contributed by atoms with Gasteiger partial charge < -0.3 is 9.64 Å². The molecule has 0 saturated carbocycles. The lowest BCUT2D eigenvalue weighted by Crippen LogP contribution is -2.41. The second-order valence-corrected chi connectivity index (χ2v) is 8.89. The molecule has 1 aliphatic rings. The van der Waals surface area contributed by atoms with E-state index >= 15 is 0 Å². The van der Waals surface area contributed by atoms with Crippen LogP contribution in [-0.2, 0) is 16.1 Å². The van der Waals surface area contributed by atoms with E-state index in [1.54, 1.807) is 7.11 Å². The van der Waals surface area contributed by atoms with E-state index in [1.165, 1.54) is 16.7 Å². The summed E-state index contributed by atoms with van der Waals surface area (Å²) in [4.78, 5) is 17.4. The second-order valence-electron chi connectivity index (χ2n) is 8.89. The van der Waals surface area contributed by atoms with E-state index in [0.717, 1.165) is 26.2 Å². The molecule has 2 aromatic rings. The lowest BCUT2D eigenvalue weighted by Gasteiger charge is -2.29. The zero-order valence-electron chi connectivity index (χ0n) is 18.9. The maximum atomic E-state index is 12.9. The minimum atomic E-state index is 0.00139. The SMILES string of the molecule is COCCN(CC1CN(Cc2ccccc2)CC1c1ccc(C)cc1)C(=O)C(C)C. The molecule has 3 rings (SSSR count). The Morgan fingerprint density at radius 2 is 1.80 bits per heavy atom. The fourth-order valence-electron chi connectivity index (χ4n) is 4.45. The zero-order chi connectivity index (χ0) is 21.5. The number of hydrogen-bond donors (Lipinski definition) is 0. The number of carbonyl (C=O) groups is 1. The summed E-state index contributed by atoms with van der Waals surface area (Å²) in [5.41, 5.74) is 4.01. The Kier molecular flexibility index (Phi) is 8.06. The van der Waals surface area contributed by atoms with Gasteiger partial charge in [-0.05, 0) is 24.0 Å². The highest BCUT2D eigenvalue weighted by molar-refractivity contribution is 5.78. The van der Waals surface area contributed by atoms with Crippen LogP contribution in [0.15, 0.2) is 54.6 Å². The van der Waals surface area contributed by atoms with Gasteiger partial charge in [-0.3, -0.25) is 9.69 Å². The average Bonchev–Trinajstić information content (AvgIpc) is 3.13. The van der Waals surface area contributed by atoms with E-state index in [0.29, 0.717) is 25.0 Å². The first-order chi connectivity index (χ1) is 14.5.